The summed E-state index contributed by atoms with van der Waals surface area (Å²) in [7, 11) is 3.42. The summed E-state index contributed by atoms with van der Waals surface area (Å²) < 4.78 is 10.9. The van der Waals surface area contributed by atoms with Crippen molar-refractivity contribution >= 4 is 23.5 Å². The lowest BCUT2D eigenvalue weighted by Gasteiger charge is -2.35. The van der Waals surface area contributed by atoms with Gasteiger partial charge in [-0.15, -0.1) is 0 Å². The Balaban J connectivity index is 2.32. The maximum atomic E-state index is 5.61. The Morgan fingerprint density at radius 3 is 2.62 bits per heavy atom. The number of thioether (sulfide) groups is 2. The van der Waals surface area contributed by atoms with Gasteiger partial charge in [0, 0.05) is 39.7 Å². The van der Waals surface area contributed by atoms with E-state index < -0.39 is 0 Å². The van der Waals surface area contributed by atoms with E-state index in [1.165, 1.54) is 17.1 Å². The van der Waals surface area contributed by atoms with Gasteiger partial charge in [-0.05, 0) is 12.6 Å². The zero-order valence-corrected chi connectivity index (χ0v) is 14.9. The van der Waals surface area contributed by atoms with E-state index in [2.05, 4.69) is 48.8 Å². The van der Waals surface area contributed by atoms with Gasteiger partial charge in [0.2, 0.25) is 0 Å². The summed E-state index contributed by atoms with van der Waals surface area (Å²) in [5.41, 5.74) is 1.23. The number of nitrogens with one attached hydrogen (secondary N) is 1. The molecule has 0 aromatic heterocycles. The number of hydrogen-bond acceptors (Lipinski definition) is 5. The molecule has 3 atom stereocenters. The second-order valence-electron chi connectivity index (χ2n) is 5.05. The number of methoxy groups -OCH3 is 2. The molecule has 0 radical (unpaired) electrons. The van der Waals surface area contributed by atoms with Crippen molar-refractivity contribution in [1.82, 2.24) is 5.32 Å². The normalized spacial score (nSPS) is 23.6. The summed E-state index contributed by atoms with van der Waals surface area (Å²) in [6, 6.07) is 6.44. The highest BCUT2D eigenvalue weighted by Gasteiger charge is 2.32. The summed E-state index contributed by atoms with van der Waals surface area (Å²) in [6.07, 6.45) is 0. The van der Waals surface area contributed by atoms with Crippen molar-refractivity contribution in [3.8, 4) is 11.5 Å². The van der Waals surface area contributed by atoms with E-state index in [1.54, 1.807) is 14.2 Å². The predicted molar refractivity (Wildman–Crippen MR) is 94.1 cm³/mol. The van der Waals surface area contributed by atoms with Crippen molar-refractivity contribution in [2.75, 3.05) is 32.3 Å². The minimum atomic E-state index is 0.309. The molecule has 1 heterocycles. The Morgan fingerprint density at radius 1 is 1.24 bits per heavy atom. The van der Waals surface area contributed by atoms with E-state index in [4.69, 9.17) is 9.47 Å². The first kappa shape index (κ1) is 16.8. The van der Waals surface area contributed by atoms with Crippen LogP contribution in [0, 0.1) is 0 Å². The minimum absolute atomic E-state index is 0.309. The van der Waals surface area contributed by atoms with Crippen molar-refractivity contribution in [3.63, 3.8) is 0 Å². The molecule has 1 aromatic carbocycles. The van der Waals surface area contributed by atoms with Gasteiger partial charge in [0.15, 0.2) is 0 Å². The maximum Gasteiger partial charge on any atom is 0.127 e. The average molecular weight is 328 g/mol. The highest BCUT2D eigenvalue weighted by Crippen LogP contribution is 2.41. The van der Waals surface area contributed by atoms with Gasteiger partial charge < -0.3 is 14.8 Å². The zero-order chi connectivity index (χ0) is 15.2. The molecule has 1 aromatic rings. The third kappa shape index (κ3) is 4.02. The van der Waals surface area contributed by atoms with E-state index in [0.717, 1.165) is 18.0 Å². The number of rotatable bonds is 6. The van der Waals surface area contributed by atoms with Gasteiger partial charge in [0.05, 0.1) is 14.2 Å². The predicted octanol–water partition coefficient (Wildman–Crippen LogP) is 3.59. The molecule has 1 saturated heterocycles. The number of benzene rings is 1. The van der Waals surface area contributed by atoms with Crippen LogP contribution in [-0.2, 0) is 0 Å². The summed E-state index contributed by atoms with van der Waals surface area (Å²) in [4.78, 5) is 0. The SMILES string of the molecule is CCNC(c1ccc(OC)cc1OC)C1SCCSC1C. The fourth-order valence-corrected chi connectivity index (χ4v) is 5.65. The van der Waals surface area contributed by atoms with Gasteiger partial charge >= 0.3 is 0 Å². The Hall–Kier alpha value is -0.520. The molecule has 21 heavy (non-hydrogen) atoms. The molecule has 5 heteroatoms. The molecule has 1 aliphatic rings. The van der Waals surface area contributed by atoms with E-state index in [-0.39, 0.29) is 0 Å². The quantitative estimate of drug-likeness (QED) is 0.863. The molecule has 3 unspecified atom stereocenters. The standard InChI is InChI=1S/C16H25NO2S2/c1-5-17-15(16-11(2)20-8-9-21-16)13-7-6-12(18-3)10-14(13)19-4/h6-7,10-11,15-17H,5,8-9H2,1-4H3. The van der Waals surface area contributed by atoms with Crippen molar-refractivity contribution < 1.29 is 9.47 Å². The van der Waals surface area contributed by atoms with Gasteiger partial charge in [0.1, 0.15) is 11.5 Å². The molecule has 0 bridgehead atoms. The van der Waals surface area contributed by atoms with Crippen LogP contribution in [0.4, 0.5) is 0 Å². The molecule has 1 fully saturated rings. The Kier molecular flexibility index (Phi) is 6.58. The molecule has 3 nitrogen and oxygen atoms in total. The van der Waals surface area contributed by atoms with Crippen LogP contribution in [0.3, 0.4) is 0 Å². The zero-order valence-electron chi connectivity index (χ0n) is 13.2. The van der Waals surface area contributed by atoms with Crippen LogP contribution in [-0.4, -0.2) is 42.8 Å². The van der Waals surface area contributed by atoms with Crippen molar-refractivity contribution in [2.45, 2.75) is 30.4 Å². The first-order chi connectivity index (χ1) is 10.2. The lowest BCUT2D eigenvalue weighted by molar-refractivity contribution is 0.383. The van der Waals surface area contributed by atoms with Gasteiger partial charge in [-0.25, -0.2) is 0 Å². The second kappa shape index (κ2) is 8.20. The van der Waals surface area contributed by atoms with Crippen LogP contribution in [0.2, 0.25) is 0 Å². The van der Waals surface area contributed by atoms with Gasteiger partial charge in [-0.1, -0.05) is 19.9 Å². The molecule has 0 saturated carbocycles. The fraction of sp³-hybridized carbons (Fsp3) is 0.625. The van der Waals surface area contributed by atoms with Crippen molar-refractivity contribution in [3.05, 3.63) is 23.8 Å². The molecular formula is C16H25NO2S2. The fourth-order valence-electron chi connectivity index (χ4n) is 2.71. The van der Waals surface area contributed by atoms with Crippen LogP contribution in [0.1, 0.15) is 25.5 Å². The molecule has 0 spiro atoms. The second-order valence-corrected chi connectivity index (χ2v) is 7.83. The molecule has 2 rings (SSSR count). The highest BCUT2D eigenvalue weighted by molar-refractivity contribution is 8.07. The third-order valence-electron chi connectivity index (χ3n) is 3.77. The topological polar surface area (TPSA) is 30.5 Å². The number of ether oxygens (including phenoxy) is 2. The van der Waals surface area contributed by atoms with E-state index in [1.807, 2.05) is 12.1 Å². The molecule has 1 N–H and O–H groups in total. The monoisotopic (exact) mass is 327 g/mol. The lowest BCUT2D eigenvalue weighted by Crippen LogP contribution is -2.37. The Morgan fingerprint density at radius 2 is 2.00 bits per heavy atom. The Bertz CT molecular complexity index is 456. The third-order valence-corrected chi connectivity index (χ3v) is 6.96. The highest BCUT2D eigenvalue weighted by atomic mass is 32.2. The van der Waals surface area contributed by atoms with Gasteiger partial charge in [0.25, 0.3) is 0 Å². The summed E-state index contributed by atoms with van der Waals surface area (Å²) in [5.74, 6) is 4.22. The van der Waals surface area contributed by atoms with Crippen LogP contribution < -0.4 is 14.8 Å². The molecule has 1 aliphatic heterocycles. The van der Waals surface area contributed by atoms with E-state index in [9.17, 15) is 0 Å². The minimum Gasteiger partial charge on any atom is -0.497 e. The summed E-state index contributed by atoms with van der Waals surface area (Å²) >= 11 is 4.14. The summed E-state index contributed by atoms with van der Waals surface area (Å²) in [6.45, 7) is 5.45. The summed E-state index contributed by atoms with van der Waals surface area (Å²) in [5, 5.41) is 4.86. The van der Waals surface area contributed by atoms with Crippen LogP contribution in [0.25, 0.3) is 0 Å². The first-order valence-electron chi connectivity index (χ1n) is 7.39. The average Bonchev–Trinajstić information content (AvgIpc) is 2.53. The largest absolute Gasteiger partial charge is 0.497 e. The van der Waals surface area contributed by atoms with E-state index >= 15 is 0 Å². The van der Waals surface area contributed by atoms with Crippen molar-refractivity contribution in [1.29, 1.82) is 0 Å². The van der Waals surface area contributed by atoms with Crippen LogP contribution in [0.5, 0.6) is 11.5 Å². The smallest absolute Gasteiger partial charge is 0.127 e. The number of hydrogen-bond donors (Lipinski definition) is 1. The first-order valence-corrected chi connectivity index (χ1v) is 9.49. The lowest BCUT2D eigenvalue weighted by atomic mass is 10.00. The molecule has 0 amide bonds. The van der Waals surface area contributed by atoms with E-state index in [0.29, 0.717) is 16.5 Å². The van der Waals surface area contributed by atoms with Gasteiger partial charge in [-0.2, -0.15) is 23.5 Å². The molecule has 118 valence electrons. The van der Waals surface area contributed by atoms with Crippen LogP contribution in [0.15, 0.2) is 18.2 Å². The van der Waals surface area contributed by atoms with Gasteiger partial charge in [-0.3, -0.25) is 0 Å². The van der Waals surface area contributed by atoms with Crippen molar-refractivity contribution in [2.24, 2.45) is 0 Å². The molecule has 0 aliphatic carbocycles. The molecular weight excluding hydrogens is 302 g/mol. The van der Waals surface area contributed by atoms with Crippen LogP contribution >= 0.6 is 23.5 Å². The maximum absolute atomic E-state index is 5.61. The Labute approximate surface area is 136 Å².